The summed E-state index contributed by atoms with van der Waals surface area (Å²) in [5, 5.41) is 5.76. The Hall–Kier alpha value is -0.780. The molecule has 20 heavy (non-hydrogen) atoms. The highest BCUT2D eigenvalue weighted by Gasteiger charge is 2.38. The van der Waals surface area contributed by atoms with E-state index >= 15 is 0 Å². The number of ether oxygens (including phenoxy) is 1. The fraction of sp³-hybridized carbons (Fsp3) is 0.571. The molecule has 1 aliphatic rings. The van der Waals surface area contributed by atoms with E-state index in [4.69, 9.17) is 21.5 Å². The van der Waals surface area contributed by atoms with Crippen molar-refractivity contribution in [2.24, 2.45) is 10.6 Å². The Kier molecular flexibility index (Phi) is 4.62. The maximum absolute atomic E-state index is 11.4. The number of sulfonamides is 1. The third-order valence-corrected chi connectivity index (χ3v) is 5.10. The van der Waals surface area contributed by atoms with Gasteiger partial charge in [0.05, 0.1) is 17.4 Å². The average molecular weight is 318 g/mol. The van der Waals surface area contributed by atoms with Gasteiger partial charge in [-0.05, 0) is 37.5 Å². The van der Waals surface area contributed by atoms with E-state index in [1.165, 1.54) is 0 Å². The highest BCUT2D eigenvalue weighted by Crippen LogP contribution is 2.40. The molecular formula is C14H20ClNO3S. The lowest BCUT2D eigenvalue weighted by molar-refractivity contribution is 0.170. The lowest BCUT2D eigenvalue weighted by Gasteiger charge is -2.28. The van der Waals surface area contributed by atoms with Crippen molar-refractivity contribution in [3.8, 4) is 5.75 Å². The first kappa shape index (κ1) is 15.6. The van der Waals surface area contributed by atoms with E-state index in [1.807, 2.05) is 25.1 Å². The van der Waals surface area contributed by atoms with Gasteiger partial charge in [-0.2, -0.15) is 0 Å². The molecule has 0 radical (unpaired) electrons. The lowest BCUT2D eigenvalue weighted by atomic mass is 9.90. The van der Waals surface area contributed by atoms with E-state index < -0.39 is 10.0 Å². The second-order valence-corrected chi connectivity index (χ2v) is 7.76. The molecule has 0 atom stereocenters. The zero-order valence-corrected chi connectivity index (χ0v) is 13.1. The quantitative estimate of drug-likeness (QED) is 0.907. The first-order valence-corrected chi connectivity index (χ1v) is 8.79. The Balaban J connectivity index is 2.09. The number of hydrogen-bond donors (Lipinski definition) is 1. The number of halogens is 1. The maximum Gasteiger partial charge on any atom is 0.209 e. The van der Waals surface area contributed by atoms with Crippen molar-refractivity contribution in [2.75, 3.05) is 12.4 Å². The van der Waals surface area contributed by atoms with Crippen LogP contribution in [-0.4, -0.2) is 20.8 Å². The molecule has 2 rings (SSSR count). The summed E-state index contributed by atoms with van der Waals surface area (Å²) in [6, 6.07) is 5.57. The Labute approximate surface area is 125 Å². The third-order valence-electron chi connectivity index (χ3n) is 3.79. The smallest absolute Gasteiger partial charge is 0.209 e. The second-order valence-electron chi connectivity index (χ2n) is 5.74. The molecule has 0 amide bonds. The molecule has 0 heterocycles. The summed E-state index contributed by atoms with van der Waals surface area (Å²) >= 11 is 6.13. The summed E-state index contributed by atoms with van der Waals surface area (Å²) in [6.07, 6.45) is 3.68. The van der Waals surface area contributed by atoms with Crippen LogP contribution in [0.5, 0.6) is 5.75 Å². The highest BCUT2D eigenvalue weighted by molar-refractivity contribution is 7.89. The molecule has 1 saturated carbocycles. The van der Waals surface area contributed by atoms with Crippen molar-refractivity contribution in [3.63, 3.8) is 0 Å². The van der Waals surface area contributed by atoms with Crippen LogP contribution in [-0.2, 0) is 10.0 Å². The van der Waals surface area contributed by atoms with Crippen LogP contribution < -0.4 is 9.88 Å². The molecule has 6 heteroatoms. The van der Waals surface area contributed by atoms with Crippen LogP contribution in [0.2, 0.25) is 5.02 Å². The molecule has 0 bridgehead atoms. The van der Waals surface area contributed by atoms with Crippen LogP contribution in [0.4, 0.5) is 0 Å². The van der Waals surface area contributed by atoms with Gasteiger partial charge in [-0.1, -0.05) is 30.5 Å². The largest absolute Gasteiger partial charge is 0.491 e. The van der Waals surface area contributed by atoms with Gasteiger partial charge < -0.3 is 4.74 Å². The summed E-state index contributed by atoms with van der Waals surface area (Å²) in [4.78, 5) is 0. The topological polar surface area (TPSA) is 69.4 Å². The highest BCUT2D eigenvalue weighted by atomic mass is 35.5. The third kappa shape index (κ3) is 4.11. The van der Waals surface area contributed by atoms with Crippen molar-refractivity contribution in [3.05, 3.63) is 28.8 Å². The summed E-state index contributed by atoms with van der Waals surface area (Å²) in [5.74, 6) is 0.571. The van der Waals surface area contributed by atoms with Crippen LogP contribution in [0, 0.1) is 12.3 Å². The first-order valence-electron chi connectivity index (χ1n) is 6.69. The van der Waals surface area contributed by atoms with Crippen molar-refractivity contribution in [2.45, 2.75) is 32.6 Å². The van der Waals surface area contributed by atoms with Crippen molar-refractivity contribution in [1.29, 1.82) is 0 Å². The minimum absolute atomic E-state index is 0.0243. The van der Waals surface area contributed by atoms with Gasteiger partial charge in [-0.25, -0.2) is 13.6 Å². The van der Waals surface area contributed by atoms with Crippen molar-refractivity contribution >= 4 is 21.6 Å². The molecule has 0 aromatic heterocycles. The Morgan fingerprint density at radius 3 is 2.55 bits per heavy atom. The van der Waals surface area contributed by atoms with Crippen molar-refractivity contribution in [1.82, 2.24) is 0 Å². The van der Waals surface area contributed by atoms with Gasteiger partial charge in [-0.3, -0.25) is 0 Å². The fourth-order valence-corrected chi connectivity index (χ4v) is 4.35. The maximum atomic E-state index is 11.4. The van der Waals surface area contributed by atoms with Crippen LogP contribution in [0.25, 0.3) is 0 Å². The van der Waals surface area contributed by atoms with Crippen LogP contribution >= 0.6 is 11.6 Å². The van der Waals surface area contributed by atoms with Gasteiger partial charge >= 0.3 is 0 Å². The summed E-state index contributed by atoms with van der Waals surface area (Å²) in [6.45, 7) is 2.29. The van der Waals surface area contributed by atoms with Crippen molar-refractivity contribution < 1.29 is 13.2 Å². The second kappa shape index (κ2) is 5.92. The van der Waals surface area contributed by atoms with E-state index in [2.05, 4.69) is 0 Å². The molecule has 2 N–H and O–H groups in total. The van der Waals surface area contributed by atoms with Gasteiger partial charge in [-0.15, -0.1) is 0 Å². The van der Waals surface area contributed by atoms with Crippen LogP contribution in [0.1, 0.15) is 31.2 Å². The molecule has 0 saturated heterocycles. The molecule has 0 unspecified atom stereocenters. The predicted octanol–water partition coefficient (Wildman–Crippen LogP) is 2.88. The number of nitrogens with two attached hydrogens (primary N) is 1. The molecule has 0 spiro atoms. The number of aryl methyl sites for hydroxylation is 1. The van der Waals surface area contributed by atoms with Gasteiger partial charge in [0.1, 0.15) is 5.75 Å². The number of hydrogen-bond acceptors (Lipinski definition) is 3. The van der Waals surface area contributed by atoms with E-state index in [9.17, 15) is 8.42 Å². The summed E-state index contributed by atoms with van der Waals surface area (Å²) in [5.41, 5.74) is 0.685. The molecule has 1 fully saturated rings. The van der Waals surface area contributed by atoms with Gasteiger partial charge in [0, 0.05) is 5.41 Å². The zero-order chi connectivity index (χ0) is 14.8. The van der Waals surface area contributed by atoms with Gasteiger partial charge in [0.15, 0.2) is 0 Å². The monoisotopic (exact) mass is 317 g/mol. The SMILES string of the molecule is Cc1ccc(OCC2(CS(N)(=O)=O)CCCC2)c(Cl)c1. The molecule has 1 aliphatic carbocycles. The Bertz CT molecular complexity index is 580. The summed E-state index contributed by atoms with van der Waals surface area (Å²) in [7, 11) is -3.50. The number of primary sulfonamides is 1. The zero-order valence-electron chi connectivity index (χ0n) is 11.6. The first-order chi connectivity index (χ1) is 9.30. The van der Waals surface area contributed by atoms with Crippen LogP contribution in [0.3, 0.4) is 0 Å². The minimum atomic E-state index is -3.50. The van der Waals surface area contributed by atoms with E-state index in [-0.39, 0.29) is 11.2 Å². The van der Waals surface area contributed by atoms with Crippen LogP contribution in [0.15, 0.2) is 18.2 Å². The molecule has 4 nitrogen and oxygen atoms in total. The van der Waals surface area contributed by atoms with E-state index in [1.54, 1.807) is 0 Å². The normalized spacial score (nSPS) is 18.1. The lowest BCUT2D eigenvalue weighted by Crippen LogP contribution is -2.36. The summed E-state index contributed by atoms with van der Waals surface area (Å²) < 4.78 is 28.6. The molecule has 0 aliphatic heterocycles. The standard InChI is InChI=1S/C14H20ClNO3S/c1-11-4-5-13(12(15)8-11)19-9-14(6-2-3-7-14)10-20(16,17)18/h4-5,8H,2-3,6-7,9-10H2,1H3,(H2,16,17,18). The Morgan fingerprint density at radius 2 is 2.00 bits per heavy atom. The van der Waals surface area contributed by atoms with Gasteiger partial charge in [0.2, 0.25) is 10.0 Å². The van der Waals surface area contributed by atoms with E-state index in [0.29, 0.717) is 17.4 Å². The molecule has 1 aromatic rings. The predicted molar refractivity (Wildman–Crippen MR) is 80.6 cm³/mol. The molecule has 1 aromatic carbocycles. The minimum Gasteiger partial charge on any atom is -0.491 e. The fourth-order valence-electron chi connectivity index (χ4n) is 2.84. The Morgan fingerprint density at radius 1 is 1.35 bits per heavy atom. The molecular weight excluding hydrogens is 298 g/mol. The number of benzene rings is 1. The average Bonchev–Trinajstić information content (AvgIpc) is 2.74. The molecule has 112 valence electrons. The van der Waals surface area contributed by atoms with E-state index in [0.717, 1.165) is 31.2 Å². The number of rotatable bonds is 5. The van der Waals surface area contributed by atoms with Gasteiger partial charge in [0.25, 0.3) is 0 Å².